The maximum Gasteiger partial charge on any atom is 0.264 e. The van der Waals surface area contributed by atoms with Crippen molar-refractivity contribution < 1.29 is 28.7 Å². The summed E-state index contributed by atoms with van der Waals surface area (Å²) in [6.45, 7) is 18.4. The van der Waals surface area contributed by atoms with Crippen LogP contribution in [0.25, 0.3) is 0 Å². The standard InChI is InChI=1S/C49H66N8O6/c1-33-30-41(51-34(2)50-33)55-28-21-36(22-29-55)56(32-35-14-12-15-37(31-35)54-25-10-11-26-54)27-9-7-8-23-48(3,4)63-49(5,6)24-20-43(59)52-39-17-13-16-38-44(39)47(62)57(46(38)61)40-18-19-42(58)53-45(40)60/h12-17,30-31,36,40H,7-11,18-29,32H2,1-6H3,(H,52,59)(H,53,58,60). The Hall–Kier alpha value is -5.21. The molecule has 1 unspecified atom stereocenters. The van der Waals surface area contributed by atoms with Gasteiger partial charge in [-0.15, -0.1) is 0 Å². The maximum atomic E-state index is 13.5. The van der Waals surface area contributed by atoms with Gasteiger partial charge >= 0.3 is 0 Å². The largest absolute Gasteiger partial charge is 0.372 e. The Kier molecular flexibility index (Phi) is 14.3. The Morgan fingerprint density at radius 2 is 1.57 bits per heavy atom. The topological polar surface area (TPSA) is 157 Å². The average Bonchev–Trinajstić information content (AvgIpc) is 3.86. The molecule has 3 fully saturated rings. The Balaban J connectivity index is 0.890. The minimum absolute atomic E-state index is 0.0301. The molecule has 1 atom stereocenters. The number of hydrogen-bond donors (Lipinski definition) is 2. The number of anilines is 3. The van der Waals surface area contributed by atoms with Gasteiger partial charge in [-0.3, -0.25) is 39.1 Å². The van der Waals surface area contributed by atoms with Crippen LogP contribution >= 0.6 is 0 Å². The number of nitrogens with zero attached hydrogens (tertiary/aromatic N) is 6. The van der Waals surface area contributed by atoms with Gasteiger partial charge in [0.25, 0.3) is 11.8 Å². The number of rotatable bonds is 18. The maximum absolute atomic E-state index is 13.5. The molecular weight excluding hydrogens is 797 g/mol. The van der Waals surface area contributed by atoms with E-state index in [0.29, 0.717) is 12.5 Å². The van der Waals surface area contributed by atoms with Gasteiger partial charge in [0.1, 0.15) is 17.7 Å². The second-order valence-electron chi connectivity index (χ2n) is 19.1. The second kappa shape index (κ2) is 19.7. The van der Waals surface area contributed by atoms with Crippen LogP contribution in [0, 0.1) is 13.8 Å². The van der Waals surface area contributed by atoms with Crippen molar-refractivity contribution in [1.29, 1.82) is 0 Å². The van der Waals surface area contributed by atoms with Crippen LogP contribution in [0.1, 0.15) is 143 Å². The molecule has 0 saturated carbocycles. The highest BCUT2D eigenvalue weighted by Crippen LogP contribution is 2.34. The monoisotopic (exact) mass is 863 g/mol. The minimum Gasteiger partial charge on any atom is -0.372 e. The van der Waals surface area contributed by atoms with E-state index >= 15 is 0 Å². The van der Waals surface area contributed by atoms with Crippen molar-refractivity contribution in [1.82, 2.24) is 25.1 Å². The molecule has 338 valence electrons. The van der Waals surface area contributed by atoms with Crippen molar-refractivity contribution in [3.8, 4) is 0 Å². The van der Waals surface area contributed by atoms with E-state index in [0.717, 1.165) is 100 Å². The highest BCUT2D eigenvalue weighted by molar-refractivity contribution is 6.26. The van der Waals surface area contributed by atoms with E-state index in [1.54, 1.807) is 12.1 Å². The lowest BCUT2D eigenvalue weighted by molar-refractivity contribution is -0.136. The molecule has 5 heterocycles. The molecule has 7 rings (SSSR count). The summed E-state index contributed by atoms with van der Waals surface area (Å²) in [5.41, 5.74) is 3.11. The lowest BCUT2D eigenvalue weighted by Crippen LogP contribution is -2.54. The van der Waals surface area contributed by atoms with Crippen LogP contribution in [0.3, 0.4) is 0 Å². The summed E-state index contributed by atoms with van der Waals surface area (Å²) in [5, 5.41) is 5.04. The fraction of sp³-hybridized carbons (Fsp3) is 0.571. The fourth-order valence-corrected chi connectivity index (χ4v) is 9.91. The lowest BCUT2D eigenvalue weighted by atomic mass is 9.95. The van der Waals surface area contributed by atoms with Gasteiger partial charge in [0, 0.05) is 69.1 Å². The zero-order chi connectivity index (χ0) is 44.9. The number of benzene rings is 2. The number of hydrogen-bond acceptors (Lipinski definition) is 11. The highest BCUT2D eigenvalue weighted by Gasteiger charge is 2.46. The summed E-state index contributed by atoms with van der Waals surface area (Å²) in [6.07, 6.45) is 9.47. The van der Waals surface area contributed by atoms with E-state index in [2.05, 4.69) is 74.5 Å². The quantitative estimate of drug-likeness (QED) is 0.0992. The molecule has 14 nitrogen and oxygen atoms in total. The molecule has 0 bridgehead atoms. The van der Waals surface area contributed by atoms with Crippen molar-refractivity contribution >= 4 is 46.7 Å². The molecule has 3 saturated heterocycles. The van der Waals surface area contributed by atoms with E-state index in [1.165, 1.54) is 30.2 Å². The van der Waals surface area contributed by atoms with Gasteiger partial charge in [-0.25, -0.2) is 9.97 Å². The van der Waals surface area contributed by atoms with Gasteiger partial charge in [-0.2, -0.15) is 0 Å². The number of unbranched alkanes of at least 4 members (excludes halogenated alkanes) is 2. The second-order valence-corrected chi connectivity index (χ2v) is 19.1. The Bertz CT molecular complexity index is 2160. The van der Waals surface area contributed by atoms with Crippen molar-refractivity contribution in [2.45, 2.75) is 148 Å². The number of piperidine rings is 2. The van der Waals surface area contributed by atoms with Gasteiger partial charge in [0.2, 0.25) is 17.7 Å². The number of carbonyl (C=O) groups is 5. The molecule has 0 radical (unpaired) electrons. The van der Waals surface area contributed by atoms with Crippen LogP contribution in [0.2, 0.25) is 0 Å². The highest BCUT2D eigenvalue weighted by atomic mass is 16.5. The zero-order valence-electron chi connectivity index (χ0n) is 38.1. The summed E-state index contributed by atoms with van der Waals surface area (Å²) in [4.78, 5) is 82.1. The molecule has 63 heavy (non-hydrogen) atoms. The van der Waals surface area contributed by atoms with Crippen molar-refractivity contribution in [3.05, 3.63) is 76.7 Å². The fourth-order valence-electron chi connectivity index (χ4n) is 9.91. The number of ether oxygens (including phenoxy) is 1. The first-order valence-electron chi connectivity index (χ1n) is 23.1. The number of fused-ring (bicyclic) bond motifs is 1. The van der Waals surface area contributed by atoms with E-state index in [1.807, 2.05) is 27.7 Å². The van der Waals surface area contributed by atoms with Gasteiger partial charge in [0.15, 0.2) is 0 Å². The van der Waals surface area contributed by atoms with Crippen LogP contribution in [-0.2, 0) is 25.7 Å². The van der Waals surface area contributed by atoms with Crippen molar-refractivity contribution in [2.75, 3.05) is 47.8 Å². The molecular formula is C49H66N8O6. The normalized spacial score (nSPS) is 18.7. The average molecular weight is 863 g/mol. The van der Waals surface area contributed by atoms with Crippen LogP contribution in [0.15, 0.2) is 48.5 Å². The lowest BCUT2D eigenvalue weighted by Gasteiger charge is -2.39. The van der Waals surface area contributed by atoms with Crippen LogP contribution < -0.4 is 20.4 Å². The third kappa shape index (κ3) is 11.5. The van der Waals surface area contributed by atoms with Crippen molar-refractivity contribution in [2.24, 2.45) is 0 Å². The molecule has 2 N–H and O–H groups in total. The first-order chi connectivity index (χ1) is 30.1. The Morgan fingerprint density at radius 3 is 2.30 bits per heavy atom. The molecule has 1 aromatic heterocycles. The van der Waals surface area contributed by atoms with E-state index in [-0.39, 0.29) is 42.0 Å². The molecule has 0 spiro atoms. The predicted molar refractivity (Wildman–Crippen MR) is 244 cm³/mol. The smallest absolute Gasteiger partial charge is 0.264 e. The minimum atomic E-state index is -1.08. The molecule has 4 aliphatic heterocycles. The van der Waals surface area contributed by atoms with Crippen LogP contribution in [0.5, 0.6) is 0 Å². The molecule has 14 heteroatoms. The predicted octanol–water partition coefficient (Wildman–Crippen LogP) is 7.12. The summed E-state index contributed by atoms with van der Waals surface area (Å²) in [5.74, 6) is -0.849. The number of amides is 5. The molecule has 5 amide bonds. The molecule has 2 aromatic carbocycles. The van der Waals surface area contributed by atoms with Gasteiger partial charge in [-0.05, 0) is 129 Å². The van der Waals surface area contributed by atoms with Gasteiger partial charge in [0.05, 0.1) is 28.0 Å². The molecule has 4 aliphatic rings. The van der Waals surface area contributed by atoms with Gasteiger partial charge < -0.3 is 19.9 Å². The van der Waals surface area contributed by atoms with Crippen LogP contribution in [-0.4, -0.2) is 105 Å². The van der Waals surface area contributed by atoms with E-state index in [9.17, 15) is 24.0 Å². The van der Waals surface area contributed by atoms with E-state index in [4.69, 9.17) is 9.72 Å². The SMILES string of the molecule is Cc1cc(N2CCC(N(CCCCCC(C)(C)OC(C)(C)CCC(=O)Nc3cccc4c3C(=O)N(C3CCC(=O)NC3=O)C4=O)Cc3cccc(N4CCCC4)c3)CC2)nc(C)n1. The number of imide groups is 2. The number of nitrogens with one attached hydrogen (secondary N) is 2. The zero-order valence-corrected chi connectivity index (χ0v) is 38.1. The van der Waals surface area contributed by atoms with Crippen LogP contribution in [0.4, 0.5) is 17.2 Å². The third-order valence-electron chi connectivity index (χ3n) is 13.0. The van der Waals surface area contributed by atoms with Crippen molar-refractivity contribution in [3.63, 3.8) is 0 Å². The first-order valence-corrected chi connectivity index (χ1v) is 23.1. The summed E-state index contributed by atoms with van der Waals surface area (Å²) in [6, 6.07) is 15.4. The summed E-state index contributed by atoms with van der Waals surface area (Å²) in [7, 11) is 0. The number of aryl methyl sites for hydroxylation is 2. The Labute approximate surface area is 372 Å². The molecule has 3 aromatic rings. The first kappa shape index (κ1) is 45.8. The summed E-state index contributed by atoms with van der Waals surface area (Å²) < 4.78 is 6.67. The third-order valence-corrected chi connectivity index (χ3v) is 13.0. The molecule has 0 aliphatic carbocycles. The Morgan fingerprint density at radius 1 is 0.841 bits per heavy atom. The van der Waals surface area contributed by atoms with Gasteiger partial charge in [-0.1, -0.05) is 31.0 Å². The number of aromatic nitrogens is 2. The van der Waals surface area contributed by atoms with E-state index < -0.39 is 40.9 Å². The number of carbonyl (C=O) groups excluding carboxylic acids is 5. The summed E-state index contributed by atoms with van der Waals surface area (Å²) >= 11 is 0.